The average Bonchev–Trinajstić information content (AvgIpc) is 2.65. The number of carboxylic acid groups (broad SMARTS) is 1. The van der Waals surface area contributed by atoms with Gasteiger partial charge in [-0.2, -0.15) is 4.57 Å². The Morgan fingerprint density at radius 2 is 1.46 bits per heavy atom. The molecule has 2 rings (SSSR count). The van der Waals surface area contributed by atoms with Gasteiger partial charge in [-0.25, -0.2) is 0 Å². The van der Waals surface area contributed by atoms with Gasteiger partial charge in [-0.1, -0.05) is 56.7 Å². The van der Waals surface area contributed by atoms with Crippen LogP contribution in [0.5, 0.6) is 0 Å². The molecule has 1 aromatic heterocycles. The second kappa shape index (κ2) is 11.5. The monoisotopic (exact) mass is 354 g/mol. The van der Waals surface area contributed by atoms with Gasteiger partial charge in [0.15, 0.2) is 11.9 Å². The Morgan fingerprint density at radius 1 is 0.846 bits per heavy atom. The molecule has 1 N–H and O–H groups in total. The molecule has 0 radical (unpaired) electrons. The molecule has 2 aromatic rings. The molecule has 0 aliphatic rings. The van der Waals surface area contributed by atoms with E-state index in [4.69, 9.17) is 5.11 Å². The first kappa shape index (κ1) is 20.2. The topological polar surface area (TPSA) is 41.2 Å². The Hall–Kier alpha value is -2.16. The van der Waals surface area contributed by atoms with Crippen molar-refractivity contribution in [3.63, 3.8) is 0 Å². The quantitative estimate of drug-likeness (QED) is 0.409. The first-order valence-corrected chi connectivity index (χ1v) is 9.96. The summed E-state index contributed by atoms with van der Waals surface area (Å²) in [4.78, 5) is 10.4. The van der Waals surface area contributed by atoms with Gasteiger partial charge in [0.25, 0.3) is 0 Å². The van der Waals surface area contributed by atoms with E-state index in [1.807, 2.05) is 0 Å². The minimum Gasteiger partial charge on any atom is -0.481 e. The molecule has 0 fully saturated rings. The Morgan fingerprint density at radius 3 is 2.12 bits per heavy atom. The molecule has 1 aromatic carbocycles. The molecule has 0 saturated carbocycles. The number of hydrogen-bond acceptors (Lipinski definition) is 1. The van der Waals surface area contributed by atoms with E-state index < -0.39 is 5.97 Å². The highest BCUT2D eigenvalue weighted by atomic mass is 16.4. The highest BCUT2D eigenvalue weighted by molar-refractivity contribution is 5.66. The van der Waals surface area contributed by atoms with Crippen LogP contribution < -0.4 is 4.57 Å². The number of hydrogen-bond donors (Lipinski definition) is 1. The number of aryl methyl sites for hydroxylation is 1. The maximum absolute atomic E-state index is 10.4. The molecule has 0 spiro atoms. The highest BCUT2D eigenvalue weighted by Gasteiger charge is 2.13. The molecular weight excluding hydrogens is 322 g/mol. The third-order valence-electron chi connectivity index (χ3n) is 4.98. The van der Waals surface area contributed by atoms with E-state index >= 15 is 0 Å². The first-order chi connectivity index (χ1) is 12.7. The van der Waals surface area contributed by atoms with Gasteiger partial charge in [0.05, 0.1) is 0 Å². The first-order valence-electron chi connectivity index (χ1n) is 9.96. The van der Waals surface area contributed by atoms with Crippen molar-refractivity contribution in [3.05, 3.63) is 59.9 Å². The molecule has 140 valence electrons. The third-order valence-corrected chi connectivity index (χ3v) is 4.98. The van der Waals surface area contributed by atoms with Crippen LogP contribution in [-0.4, -0.2) is 11.1 Å². The lowest BCUT2D eigenvalue weighted by Gasteiger charge is -2.06. The van der Waals surface area contributed by atoms with Crippen LogP contribution in [0.1, 0.15) is 69.0 Å². The van der Waals surface area contributed by atoms with Crippen molar-refractivity contribution in [1.29, 1.82) is 0 Å². The summed E-state index contributed by atoms with van der Waals surface area (Å²) in [6.45, 7) is 2.21. The lowest BCUT2D eigenvalue weighted by Crippen LogP contribution is -2.34. The van der Waals surface area contributed by atoms with Crippen LogP contribution in [0.15, 0.2) is 48.7 Å². The minimum atomic E-state index is -0.671. The molecule has 0 bridgehead atoms. The van der Waals surface area contributed by atoms with E-state index in [0.29, 0.717) is 6.42 Å². The summed E-state index contributed by atoms with van der Waals surface area (Å²) < 4.78 is 2.27. The molecule has 0 aliphatic carbocycles. The van der Waals surface area contributed by atoms with E-state index in [9.17, 15) is 4.79 Å². The predicted octanol–water partition coefficient (Wildman–Crippen LogP) is 5.41. The zero-order chi connectivity index (χ0) is 18.6. The second-order valence-electron chi connectivity index (χ2n) is 7.05. The summed E-state index contributed by atoms with van der Waals surface area (Å²) in [5, 5.41) is 8.61. The Balaban J connectivity index is 1.65. The van der Waals surface area contributed by atoms with Crippen molar-refractivity contribution in [2.24, 2.45) is 0 Å². The molecule has 0 saturated heterocycles. The van der Waals surface area contributed by atoms with Gasteiger partial charge >= 0.3 is 5.97 Å². The fraction of sp³-hybridized carbons (Fsp3) is 0.478. The van der Waals surface area contributed by atoms with Crippen molar-refractivity contribution in [2.45, 2.75) is 71.1 Å². The molecule has 0 unspecified atom stereocenters. The smallest absolute Gasteiger partial charge is 0.303 e. The van der Waals surface area contributed by atoms with E-state index in [2.05, 4.69) is 60.2 Å². The van der Waals surface area contributed by atoms with Crippen LogP contribution in [-0.2, 0) is 11.2 Å². The van der Waals surface area contributed by atoms with Gasteiger partial charge in [-0.05, 0) is 25.3 Å². The number of benzene rings is 1. The summed E-state index contributed by atoms with van der Waals surface area (Å²) >= 11 is 0. The molecular formula is C23H32NO2+. The largest absolute Gasteiger partial charge is 0.481 e. The SMILES string of the molecule is Cc1c(CCCCCCCCCCC(=O)O)ccc[n+]1-c1ccccc1. The van der Waals surface area contributed by atoms with Gasteiger partial charge in [-0.3, -0.25) is 4.79 Å². The van der Waals surface area contributed by atoms with Crippen LogP contribution in [0.25, 0.3) is 5.69 Å². The number of unbranched alkanes of at least 4 members (excludes halogenated alkanes) is 7. The number of carboxylic acids is 1. The van der Waals surface area contributed by atoms with E-state index in [0.717, 1.165) is 19.3 Å². The number of nitrogens with zero attached hydrogens (tertiary/aromatic N) is 1. The van der Waals surface area contributed by atoms with Gasteiger partial charge in [-0.15, -0.1) is 0 Å². The van der Waals surface area contributed by atoms with Crippen LogP contribution in [0.3, 0.4) is 0 Å². The summed E-state index contributed by atoms with van der Waals surface area (Å²) in [6.07, 6.45) is 12.9. The number of rotatable bonds is 12. The van der Waals surface area contributed by atoms with E-state index in [-0.39, 0.29) is 0 Å². The van der Waals surface area contributed by atoms with Crippen molar-refractivity contribution in [1.82, 2.24) is 0 Å². The van der Waals surface area contributed by atoms with Crippen molar-refractivity contribution >= 4 is 5.97 Å². The van der Waals surface area contributed by atoms with Gasteiger partial charge in [0.2, 0.25) is 5.69 Å². The summed E-state index contributed by atoms with van der Waals surface area (Å²) in [5.74, 6) is -0.671. The maximum Gasteiger partial charge on any atom is 0.303 e. The van der Waals surface area contributed by atoms with Gasteiger partial charge < -0.3 is 5.11 Å². The number of aromatic nitrogens is 1. The fourth-order valence-electron chi connectivity index (χ4n) is 3.42. The van der Waals surface area contributed by atoms with Crippen molar-refractivity contribution in [3.8, 4) is 5.69 Å². The maximum atomic E-state index is 10.4. The van der Waals surface area contributed by atoms with Crippen LogP contribution >= 0.6 is 0 Å². The zero-order valence-electron chi connectivity index (χ0n) is 16.0. The molecule has 1 heterocycles. The standard InChI is InChI=1S/C23H31NO2/c1-20-21(15-13-19-24(20)22-16-10-8-11-17-22)14-9-6-4-2-3-5-7-12-18-23(25)26/h8,10-11,13,15-17,19H,2-7,9,12,14,18H2,1H3/p+1. The lowest BCUT2D eigenvalue weighted by molar-refractivity contribution is -0.603. The van der Waals surface area contributed by atoms with Crippen molar-refractivity contribution in [2.75, 3.05) is 0 Å². The summed E-state index contributed by atoms with van der Waals surface area (Å²) in [5.41, 5.74) is 3.98. The second-order valence-corrected chi connectivity index (χ2v) is 7.05. The number of carbonyl (C=O) groups is 1. The molecule has 3 nitrogen and oxygen atoms in total. The highest BCUT2D eigenvalue weighted by Crippen LogP contribution is 2.13. The fourth-order valence-corrected chi connectivity index (χ4v) is 3.42. The van der Waals surface area contributed by atoms with Crippen LogP contribution in [0.4, 0.5) is 0 Å². The minimum absolute atomic E-state index is 0.319. The summed E-state index contributed by atoms with van der Waals surface area (Å²) in [6, 6.07) is 14.9. The predicted molar refractivity (Wildman–Crippen MR) is 106 cm³/mol. The number of aliphatic carboxylic acids is 1. The van der Waals surface area contributed by atoms with E-state index in [1.165, 1.54) is 55.5 Å². The van der Waals surface area contributed by atoms with Gasteiger partial charge in [0, 0.05) is 37.1 Å². The Labute approximate surface area is 157 Å². The molecule has 0 amide bonds. The molecule has 0 atom stereocenters. The van der Waals surface area contributed by atoms with Gasteiger partial charge in [0.1, 0.15) is 0 Å². The average molecular weight is 355 g/mol. The van der Waals surface area contributed by atoms with Crippen LogP contribution in [0, 0.1) is 6.92 Å². The molecule has 3 heteroatoms. The normalized spacial score (nSPS) is 10.8. The summed E-state index contributed by atoms with van der Waals surface area (Å²) in [7, 11) is 0. The Bertz CT molecular complexity index is 667. The van der Waals surface area contributed by atoms with Crippen molar-refractivity contribution < 1.29 is 14.5 Å². The molecule has 26 heavy (non-hydrogen) atoms. The van der Waals surface area contributed by atoms with E-state index in [1.54, 1.807) is 0 Å². The number of para-hydroxylation sites is 1. The van der Waals surface area contributed by atoms with Crippen LogP contribution in [0.2, 0.25) is 0 Å². The zero-order valence-corrected chi connectivity index (χ0v) is 16.0. The lowest BCUT2D eigenvalue weighted by atomic mass is 10.0. The molecule has 0 aliphatic heterocycles. The Kier molecular flexibility index (Phi) is 8.88. The number of pyridine rings is 1. The third kappa shape index (κ3) is 6.99.